The highest BCUT2D eigenvalue weighted by Crippen LogP contribution is 2.11. The first-order valence-electron chi connectivity index (χ1n) is 4.40. The maximum atomic E-state index is 5.50. The first kappa shape index (κ1) is 8.68. The smallest absolute Gasteiger partial charge is 0.145 e. The fourth-order valence-electron chi connectivity index (χ4n) is 1.36. The zero-order valence-electron chi connectivity index (χ0n) is 7.99. The van der Waals surface area contributed by atoms with E-state index >= 15 is 0 Å². The maximum absolute atomic E-state index is 5.50. The van der Waals surface area contributed by atoms with Gasteiger partial charge in [-0.15, -0.1) is 0 Å². The lowest BCUT2D eigenvalue weighted by Crippen LogP contribution is -2.16. The molecule has 5 heteroatoms. The highest BCUT2D eigenvalue weighted by Gasteiger charge is 2.04. The van der Waals surface area contributed by atoms with Gasteiger partial charge in [-0.1, -0.05) is 0 Å². The van der Waals surface area contributed by atoms with Crippen molar-refractivity contribution in [1.29, 1.82) is 0 Å². The first-order valence-corrected chi connectivity index (χ1v) is 4.40. The maximum Gasteiger partial charge on any atom is 0.145 e. The molecule has 14 heavy (non-hydrogen) atoms. The fraction of sp³-hybridized carbons (Fsp3) is 0.222. The average molecular weight is 191 g/mol. The zero-order valence-corrected chi connectivity index (χ0v) is 7.99. The van der Waals surface area contributed by atoms with Gasteiger partial charge in [-0.2, -0.15) is 5.10 Å². The van der Waals surface area contributed by atoms with Gasteiger partial charge in [0.05, 0.1) is 12.2 Å². The van der Waals surface area contributed by atoms with Gasteiger partial charge in [0, 0.05) is 19.3 Å². The molecule has 0 saturated heterocycles. The minimum atomic E-state index is 0.528. The summed E-state index contributed by atoms with van der Waals surface area (Å²) in [6.45, 7) is 0.755. The van der Waals surface area contributed by atoms with E-state index in [9.17, 15) is 0 Å². The van der Waals surface area contributed by atoms with Crippen molar-refractivity contribution in [3.8, 4) is 0 Å². The molecule has 0 atom stereocenters. The van der Waals surface area contributed by atoms with E-state index in [2.05, 4.69) is 20.1 Å². The summed E-state index contributed by atoms with van der Waals surface area (Å²) in [5.41, 5.74) is 6.50. The molecule has 2 aromatic rings. The molecule has 0 aromatic carbocycles. The van der Waals surface area contributed by atoms with Gasteiger partial charge in [0.1, 0.15) is 11.6 Å². The van der Waals surface area contributed by atoms with E-state index in [1.807, 2.05) is 31.4 Å². The summed E-state index contributed by atoms with van der Waals surface area (Å²) >= 11 is 0. The van der Waals surface area contributed by atoms with Crippen LogP contribution < -0.4 is 10.6 Å². The van der Waals surface area contributed by atoms with Gasteiger partial charge >= 0.3 is 0 Å². The molecule has 5 nitrogen and oxygen atoms in total. The Kier molecular flexibility index (Phi) is 2.14. The lowest BCUT2D eigenvalue weighted by Gasteiger charge is -2.15. The molecule has 2 rings (SSSR count). The molecule has 0 spiro atoms. The van der Waals surface area contributed by atoms with E-state index in [1.54, 1.807) is 0 Å². The Labute approximate surface area is 81.9 Å². The number of aromatic nitrogens is 3. The molecule has 0 fully saturated rings. The Bertz CT molecular complexity index is 389. The summed E-state index contributed by atoms with van der Waals surface area (Å²) in [5, 5.41) is 6.73. The Hall–Kier alpha value is -1.91. The van der Waals surface area contributed by atoms with E-state index in [0.717, 1.165) is 18.1 Å². The van der Waals surface area contributed by atoms with Crippen molar-refractivity contribution in [2.24, 2.45) is 0 Å². The van der Waals surface area contributed by atoms with Gasteiger partial charge in [0.25, 0.3) is 0 Å². The van der Waals surface area contributed by atoms with Crippen molar-refractivity contribution in [3.63, 3.8) is 0 Å². The summed E-state index contributed by atoms with van der Waals surface area (Å²) in [6.07, 6.45) is 1.90. The monoisotopic (exact) mass is 191 g/mol. The van der Waals surface area contributed by atoms with Crippen molar-refractivity contribution >= 4 is 11.6 Å². The van der Waals surface area contributed by atoms with Crippen molar-refractivity contribution in [2.45, 2.75) is 6.54 Å². The van der Waals surface area contributed by atoms with Crippen LogP contribution in [-0.2, 0) is 6.54 Å². The lowest BCUT2D eigenvalue weighted by molar-refractivity contribution is 0.858. The average Bonchev–Trinajstić information content (AvgIpc) is 2.75. The quantitative estimate of drug-likeness (QED) is 0.676. The van der Waals surface area contributed by atoms with Crippen molar-refractivity contribution in [2.75, 3.05) is 17.7 Å². The molecule has 0 saturated carbocycles. The Balaban J connectivity index is 2.05. The van der Waals surface area contributed by atoms with E-state index in [-0.39, 0.29) is 0 Å². The number of nitrogens with two attached hydrogens (primary N) is 1. The molecule has 0 aliphatic carbocycles. The standard InChI is InChI=1S/C9H13N5/c1-14(9-3-2-4-11-9)6-7-5-8(10)13-12-7/h2-5,11H,6H2,1H3,(H3,10,12,13). The number of H-pyrrole nitrogens is 2. The van der Waals surface area contributed by atoms with E-state index < -0.39 is 0 Å². The van der Waals surface area contributed by atoms with Crippen LogP contribution in [-0.4, -0.2) is 22.2 Å². The van der Waals surface area contributed by atoms with Crippen LogP contribution in [0.5, 0.6) is 0 Å². The van der Waals surface area contributed by atoms with Crippen LogP contribution in [0.2, 0.25) is 0 Å². The molecule has 0 bridgehead atoms. The van der Waals surface area contributed by atoms with Crippen molar-refractivity contribution in [3.05, 3.63) is 30.1 Å². The molecule has 0 unspecified atom stereocenters. The summed E-state index contributed by atoms with van der Waals surface area (Å²) in [4.78, 5) is 5.20. The molecule has 0 radical (unpaired) electrons. The van der Waals surface area contributed by atoms with Crippen LogP contribution in [0.3, 0.4) is 0 Å². The predicted molar refractivity (Wildman–Crippen MR) is 55.9 cm³/mol. The van der Waals surface area contributed by atoms with Crippen molar-refractivity contribution < 1.29 is 0 Å². The van der Waals surface area contributed by atoms with Gasteiger partial charge in [0.15, 0.2) is 0 Å². The van der Waals surface area contributed by atoms with Crippen LogP contribution >= 0.6 is 0 Å². The number of aromatic amines is 2. The van der Waals surface area contributed by atoms with Crippen LogP contribution in [0, 0.1) is 0 Å². The number of nitrogens with zero attached hydrogens (tertiary/aromatic N) is 2. The third-order valence-electron chi connectivity index (χ3n) is 2.05. The van der Waals surface area contributed by atoms with E-state index in [4.69, 9.17) is 5.73 Å². The topological polar surface area (TPSA) is 73.7 Å². The van der Waals surface area contributed by atoms with Crippen LogP contribution in [0.4, 0.5) is 11.6 Å². The third kappa shape index (κ3) is 1.71. The zero-order chi connectivity index (χ0) is 9.97. The lowest BCUT2D eigenvalue weighted by atomic mass is 10.4. The van der Waals surface area contributed by atoms with Crippen LogP contribution in [0.1, 0.15) is 5.69 Å². The van der Waals surface area contributed by atoms with Crippen molar-refractivity contribution in [1.82, 2.24) is 15.2 Å². The number of rotatable bonds is 3. The van der Waals surface area contributed by atoms with Crippen LogP contribution in [0.25, 0.3) is 0 Å². The summed E-state index contributed by atoms with van der Waals surface area (Å²) in [6, 6.07) is 5.81. The molecule has 74 valence electrons. The first-order chi connectivity index (χ1) is 6.75. The highest BCUT2D eigenvalue weighted by atomic mass is 15.2. The van der Waals surface area contributed by atoms with Gasteiger partial charge < -0.3 is 15.6 Å². The van der Waals surface area contributed by atoms with E-state index in [0.29, 0.717) is 5.82 Å². The van der Waals surface area contributed by atoms with Gasteiger partial charge in [0.2, 0.25) is 0 Å². The van der Waals surface area contributed by atoms with Gasteiger partial charge in [-0.3, -0.25) is 5.10 Å². The Morgan fingerprint density at radius 2 is 2.43 bits per heavy atom. The highest BCUT2D eigenvalue weighted by molar-refractivity contribution is 5.39. The second kappa shape index (κ2) is 3.45. The molecule has 4 N–H and O–H groups in total. The fourth-order valence-corrected chi connectivity index (χ4v) is 1.36. The number of nitrogens with one attached hydrogen (secondary N) is 2. The number of hydrogen-bond donors (Lipinski definition) is 3. The van der Waals surface area contributed by atoms with E-state index in [1.165, 1.54) is 0 Å². The molecule has 0 aliphatic heterocycles. The molecular formula is C9H13N5. The molecule has 0 aliphatic rings. The number of nitrogen functional groups attached to an aromatic ring is 1. The summed E-state index contributed by atoms with van der Waals surface area (Å²) in [7, 11) is 2.00. The normalized spacial score (nSPS) is 10.4. The largest absolute Gasteiger partial charge is 0.382 e. The number of hydrogen-bond acceptors (Lipinski definition) is 3. The van der Waals surface area contributed by atoms with Gasteiger partial charge in [-0.25, -0.2) is 0 Å². The summed E-state index contributed by atoms with van der Waals surface area (Å²) in [5.74, 6) is 1.60. The Morgan fingerprint density at radius 1 is 1.57 bits per heavy atom. The Morgan fingerprint density at radius 3 is 3.00 bits per heavy atom. The second-order valence-electron chi connectivity index (χ2n) is 3.23. The molecule has 0 amide bonds. The molecular weight excluding hydrogens is 178 g/mol. The SMILES string of the molecule is CN(Cc1cc(N)n[nH]1)c1ccc[nH]1. The molecule has 2 aromatic heterocycles. The van der Waals surface area contributed by atoms with Gasteiger partial charge in [-0.05, 0) is 12.1 Å². The number of anilines is 2. The summed E-state index contributed by atoms with van der Waals surface area (Å²) < 4.78 is 0. The second-order valence-corrected chi connectivity index (χ2v) is 3.23. The third-order valence-corrected chi connectivity index (χ3v) is 2.05. The predicted octanol–water partition coefficient (Wildman–Crippen LogP) is 0.956. The minimum Gasteiger partial charge on any atom is -0.382 e. The minimum absolute atomic E-state index is 0.528. The molecule has 2 heterocycles. The van der Waals surface area contributed by atoms with Crippen LogP contribution in [0.15, 0.2) is 24.4 Å².